The first-order chi connectivity index (χ1) is 9.61. The van der Waals surface area contributed by atoms with Crippen LogP contribution >= 0.6 is 0 Å². The molecular formula is C15H17NO4. The molecule has 0 saturated heterocycles. The Morgan fingerprint density at radius 1 is 1.30 bits per heavy atom. The average Bonchev–Trinajstić information content (AvgIpc) is 2.88. The lowest BCUT2D eigenvalue weighted by molar-refractivity contribution is 0.0859. The standard InChI is InChI=1S/C15H17NO4/c1-16-7-12(19)10-3-2-4-11(18)14(10)15(16)13-6-5-9(8-17)20-13/h2-6,12,15,17-19H,7-8H2,1H3. The second kappa shape index (κ2) is 4.94. The number of hydrogen-bond acceptors (Lipinski definition) is 5. The van der Waals surface area contributed by atoms with Crippen molar-refractivity contribution in [1.82, 2.24) is 4.90 Å². The molecule has 0 saturated carbocycles. The predicted octanol–water partition coefficient (Wildman–Crippen LogP) is 1.55. The first kappa shape index (κ1) is 13.2. The topological polar surface area (TPSA) is 77.1 Å². The number of aliphatic hydroxyl groups is 2. The Hall–Kier alpha value is -1.82. The zero-order chi connectivity index (χ0) is 14.3. The molecule has 20 heavy (non-hydrogen) atoms. The second-order valence-corrected chi connectivity index (χ2v) is 5.10. The molecule has 1 aromatic heterocycles. The van der Waals surface area contributed by atoms with Gasteiger partial charge in [-0.05, 0) is 30.8 Å². The predicted molar refractivity (Wildman–Crippen MR) is 72.2 cm³/mol. The lowest BCUT2D eigenvalue weighted by atomic mass is 9.89. The van der Waals surface area contributed by atoms with Crippen molar-refractivity contribution in [3.8, 4) is 5.75 Å². The first-order valence-electron chi connectivity index (χ1n) is 6.51. The average molecular weight is 275 g/mol. The van der Waals surface area contributed by atoms with Crippen LogP contribution in [0.3, 0.4) is 0 Å². The van der Waals surface area contributed by atoms with Crippen molar-refractivity contribution < 1.29 is 19.7 Å². The molecule has 2 aromatic rings. The third kappa shape index (κ3) is 2.00. The van der Waals surface area contributed by atoms with Gasteiger partial charge in [0.1, 0.15) is 23.9 Å². The fourth-order valence-electron chi connectivity index (χ4n) is 2.84. The van der Waals surface area contributed by atoms with Crippen LogP contribution in [0.25, 0.3) is 0 Å². The third-order valence-electron chi connectivity index (χ3n) is 3.76. The van der Waals surface area contributed by atoms with Crippen LogP contribution in [0.5, 0.6) is 5.75 Å². The number of phenols is 1. The number of hydrogen-bond donors (Lipinski definition) is 3. The Bertz CT molecular complexity index is 622. The normalized spacial score (nSPS) is 22.8. The highest BCUT2D eigenvalue weighted by Gasteiger charge is 2.35. The Morgan fingerprint density at radius 2 is 2.10 bits per heavy atom. The van der Waals surface area contributed by atoms with E-state index in [4.69, 9.17) is 9.52 Å². The van der Waals surface area contributed by atoms with Gasteiger partial charge in [-0.25, -0.2) is 0 Å². The van der Waals surface area contributed by atoms with Gasteiger partial charge in [0.2, 0.25) is 0 Å². The molecule has 2 heterocycles. The van der Waals surface area contributed by atoms with E-state index >= 15 is 0 Å². The minimum atomic E-state index is -0.634. The van der Waals surface area contributed by atoms with Gasteiger partial charge in [-0.15, -0.1) is 0 Å². The van der Waals surface area contributed by atoms with Crippen molar-refractivity contribution in [2.45, 2.75) is 18.8 Å². The number of aromatic hydroxyl groups is 1. The van der Waals surface area contributed by atoms with E-state index < -0.39 is 6.10 Å². The number of furan rings is 1. The van der Waals surface area contributed by atoms with Crippen LogP contribution in [0.1, 0.15) is 34.8 Å². The van der Waals surface area contributed by atoms with Gasteiger partial charge in [0.15, 0.2) is 0 Å². The summed E-state index contributed by atoms with van der Waals surface area (Å²) < 4.78 is 5.61. The molecule has 5 heteroatoms. The second-order valence-electron chi connectivity index (χ2n) is 5.10. The third-order valence-corrected chi connectivity index (χ3v) is 3.76. The zero-order valence-corrected chi connectivity index (χ0v) is 11.2. The smallest absolute Gasteiger partial charge is 0.129 e. The van der Waals surface area contributed by atoms with E-state index in [1.54, 1.807) is 24.3 Å². The van der Waals surface area contributed by atoms with E-state index in [1.165, 1.54) is 0 Å². The Kier molecular flexibility index (Phi) is 3.25. The van der Waals surface area contributed by atoms with Crippen molar-refractivity contribution in [2.24, 2.45) is 0 Å². The summed E-state index contributed by atoms with van der Waals surface area (Å²) in [6, 6.07) is 8.38. The number of β-amino-alcohol motifs (C(OH)–C–C–N with tert-alkyl or cyclic N) is 1. The molecule has 0 spiro atoms. The molecule has 1 aliphatic heterocycles. The highest BCUT2D eigenvalue weighted by atomic mass is 16.4. The van der Waals surface area contributed by atoms with Gasteiger partial charge in [0.25, 0.3) is 0 Å². The molecule has 2 atom stereocenters. The van der Waals surface area contributed by atoms with Crippen LogP contribution in [0.2, 0.25) is 0 Å². The summed E-state index contributed by atoms with van der Waals surface area (Å²) in [4.78, 5) is 1.92. The zero-order valence-electron chi connectivity index (χ0n) is 11.2. The molecule has 3 N–H and O–H groups in total. The van der Waals surface area contributed by atoms with Crippen molar-refractivity contribution in [3.63, 3.8) is 0 Å². The van der Waals surface area contributed by atoms with Gasteiger partial charge in [0, 0.05) is 12.1 Å². The number of phenolic OH excluding ortho intramolecular Hbond substituents is 1. The number of aliphatic hydroxyl groups excluding tert-OH is 2. The number of fused-ring (bicyclic) bond motifs is 1. The van der Waals surface area contributed by atoms with Crippen molar-refractivity contribution >= 4 is 0 Å². The number of nitrogens with zero attached hydrogens (tertiary/aromatic N) is 1. The van der Waals surface area contributed by atoms with E-state index in [-0.39, 0.29) is 18.4 Å². The molecule has 2 unspecified atom stereocenters. The van der Waals surface area contributed by atoms with Gasteiger partial charge in [-0.2, -0.15) is 0 Å². The highest BCUT2D eigenvalue weighted by molar-refractivity contribution is 5.47. The number of benzene rings is 1. The van der Waals surface area contributed by atoms with Crippen molar-refractivity contribution in [3.05, 3.63) is 53.0 Å². The maximum absolute atomic E-state index is 10.2. The minimum Gasteiger partial charge on any atom is -0.508 e. The Balaban J connectivity index is 2.13. The molecule has 0 amide bonds. The number of likely N-dealkylation sites (N-methyl/N-ethyl adjacent to an activating group) is 1. The van der Waals surface area contributed by atoms with Gasteiger partial charge >= 0.3 is 0 Å². The van der Waals surface area contributed by atoms with Gasteiger partial charge in [-0.1, -0.05) is 12.1 Å². The molecule has 5 nitrogen and oxygen atoms in total. The van der Waals surface area contributed by atoms with Crippen LogP contribution in [0, 0.1) is 0 Å². The fourth-order valence-corrected chi connectivity index (χ4v) is 2.84. The Morgan fingerprint density at radius 3 is 2.80 bits per heavy atom. The van der Waals surface area contributed by atoms with E-state index in [0.717, 1.165) is 5.56 Å². The summed E-state index contributed by atoms with van der Waals surface area (Å²) in [7, 11) is 1.87. The van der Waals surface area contributed by atoms with Gasteiger partial charge < -0.3 is 19.7 Å². The molecule has 106 valence electrons. The summed E-state index contributed by atoms with van der Waals surface area (Å²) in [5.41, 5.74) is 1.38. The fraction of sp³-hybridized carbons (Fsp3) is 0.333. The van der Waals surface area contributed by atoms with Gasteiger partial charge in [-0.3, -0.25) is 4.90 Å². The molecule has 0 aliphatic carbocycles. The molecule has 1 aliphatic rings. The molecule has 0 radical (unpaired) electrons. The first-order valence-corrected chi connectivity index (χ1v) is 6.51. The van der Waals surface area contributed by atoms with E-state index in [0.29, 0.717) is 23.6 Å². The van der Waals surface area contributed by atoms with Crippen LogP contribution in [0.15, 0.2) is 34.7 Å². The molecule has 1 aromatic carbocycles. The lowest BCUT2D eigenvalue weighted by Crippen LogP contribution is -2.35. The summed E-state index contributed by atoms with van der Waals surface area (Å²) in [5.74, 6) is 1.27. The largest absolute Gasteiger partial charge is 0.508 e. The summed E-state index contributed by atoms with van der Waals surface area (Å²) >= 11 is 0. The number of rotatable bonds is 2. The van der Waals surface area contributed by atoms with Crippen molar-refractivity contribution in [2.75, 3.05) is 13.6 Å². The summed E-state index contributed by atoms with van der Waals surface area (Å²) in [6.07, 6.45) is -0.634. The Labute approximate surface area is 116 Å². The monoisotopic (exact) mass is 275 g/mol. The van der Waals surface area contributed by atoms with Crippen LogP contribution in [-0.4, -0.2) is 33.8 Å². The van der Waals surface area contributed by atoms with Gasteiger partial charge in [0.05, 0.1) is 12.1 Å². The SMILES string of the molecule is CN1CC(O)c2cccc(O)c2C1c1ccc(CO)o1. The van der Waals surface area contributed by atoms with Crippen LogP contribution in [-0.2, 0) is 6.61 Å². The van der Waals surface area contributed by atoms with Crippen molar-refractivity contribution in [1.29, 1.82) is 0 Å². The van der Waals surface area contributed by atoms with Crippen LogP contribution < -0.4 is 0 Å². The maximum atomic E-state index is 10.2. The minimum absolute atomic E-state index is 0.139. The summed E-state index contributed by atoms with van der Waals surface area (Å²) in [5, 5.41) is 29.4. The molecule has 3 rings (SSSR count). The van der Waals surface area contributed by atoms with E-state index in [2.05, 4.69) is 0 Å². The van der Waals surface area contributed by atoms with E-state index in [1.807, 2.05) is 18.0 Å². The molecule has 0 fully saturated rings. The molecular weight excluding hydrogens is 258 g/mol. The molecule has 0 bridgehead atoms. The maximum Gasteiger partial charge on any atom is 0.129 e. The summed E-state index contributed by atoms with van der Waals surface area (Å²) in [6.45, 7) is 0.295. The van der Waals surface area contributed by atoms with Crippen LogP contribution in [0.4, 0.5) is 0 Å². The lowest BCUT2D eigenvalue weighted by Gasteiger charge is -2.36. The quantitative estimate of drug-likeness (QED) is 0.775. The highest BCUT2D eigenvalue weighted by Crippen LogP contribution is 2.42. The van der Waals surface area contributed by atoms with E-state index in [9.17, 15) is 10.2 Å².